The van der Waals surface area contributed by atoms with Crippen LogP contribution in [0, 0.1) is 0 Å². The third-order valence-electron chi connectivity index (χ3n) is 3.00. The summed E-state index contributed by atoms with van der Waals surface area (Å²) < 4.78 is 45.2. The molecule has 0 aliphatic rings. The molecule has 1 rings (SSSR count). The first-order chi connectivity index (χ1) is 10.4. The molecule has 1 aromatic carbocycles. The molecule has 0 fully saturated rings. The zero-order valence-corrected chi connectivity index (χ0v) is 12.6. The molecule has 124 valence electrons. The van der Waals surface area contributed by atoms with Crippen LogP contribution in [0.15, 0.2) is 24.3 Å². The van der Waals surface area contributed by atoms with Gasteiger partial charge in [-0.2, -0.15) is 13.2 Å². The second-order valence-electron chi connectivity index (χ2n) is 4.72. The number of hydrogen-bond acceptors (Lipinski definition) is 3. The van der Waals surface area contributed by atoms with Crippen LogP contribution in [0.2, 0.25) is 0 Å². The number of halogens is 3. The second-order valence-corrected chi connectivity index (χ2v) is 4.72. The van der Waals surface area contributed by atoms with Gasteiger partial charge in [0.1, 0.15) is 12.4 Å². The predicted octanol–water partition coefficient (Wildman–Crippen LogP) is 3.23. The molecule has 0 radical (unpaired) electrons. The van der Waals surface area contributed by atoms with Crippen molar-refractivity contribution < 1.29 is 27.4 Å². The minimum Gasteiger partial charge on any atom is -0.497 e. The number of benzene rings is 1. The van der Waals surface area contributed by atoms with Crippen molar-refractivity contribution >= 4 is 5.91 Å². The Hall–Kier alpha value is -1.76. The first kappa shape index (κ1) is 18.3. The van der Waals surface area contributed by atoms with E-state index in [1.54, 1.807) is 19.2 Å². The lowest BCUT2D eigenvalue weighted by Gasteiger charge is -2.18. The third-order valence-corrected chi connectivity index (χ3v) is 3.00. The molecule has 22 heavy (non-hydrogen) atoms. The second kappa shape index (κ2) is 8.63. The third kappa shape index (κ3) is 6.80. The van der Waals surface area contributed by atoms with Crippen LogP contribution < -0.4 is 10.1 Å². The van der Waals surface area contributed by atoms with E-state index in [-0.39, 0.29) is 25.0 Å². The van der Waals surface area contributed by atoms with Crippen LogP contribution in [-0.4, -0.2) is 32.4 Å². The van der Waals surface area contributed by atoms with E-state index in [1.165, 1.54) is 0 Å². The molecule has 0 heterocycles. The number of methoxy groups -OCH3 is 1. The van der Waals surface area contributed by atoms with Crippen molar-refractivity contribution in [2.45, 2.75) is 32.0 Å². The van der Waals surface area contributed by atoms with Gasteiger partial charge in [-0.3, -0.25) is 4.79 Å². The zero-order valence-electron chi connectivity index (χ0n) is 12.6. The summed E-state index contributed by atoms with van der Waals surface area (Å²) in [5, 5.41) is 2.78. The fourth-order valence-corrected chi connectivity index (χ4v) is 1.88. The molecule has 7 heteroatoms. The molecule has 0 aliphatic carbocycles. The Bertz CT molecular complexity index is 460. The van der Waals surface area contributed by atoms with Crippen LogP contribution in [0.1, 0.15) is 31.4 Å². The fraction of sp³-hybridized carbons (Fsp3) is 0.533. The molecular formula is C15H20F3NO3. The van der Waals surface area contributed by atoms with E-state index in [2.05, 4.69) is 10.1 Å². The van der Waals surface area contributed by atoms with Gasteiger partial charge >= 0.3 is 6.18 Å². The first-order valence-corrected chi connectivity index (χ1v) is 6.93. The van der Waals surface area contributed by atoms with Crippen LogP contribution in [0.25, 0.3) is 0 Å². The van der Waals surface area contributed by atoms with Crippen LogP contribution >= 0.6 is 0 Å². The molecular weight excluding hydrogens is 299 g/mol. The SMILES string of the molecule is CCC(NC(=O)CCOCC(F)(F)F)c1ccc(OC)cc1. The van der Waals surface area contributed by atoms with E-state index >= 15 is 0 Å². The molecule has 1 atom stereocenters. The maximum Gasteiger partial charge on any atom is 0.411 e. The number of carbonyl (C=O) groups is 1. The van der Waals surface area contributed by atoms with Crippen LogP contribution in [0.5, 0.6) is 5.75 Å². The Morgan fingerprint density at radius 3 is 2.41 bits per heavy atom. The molecule has 0 spiro atoms. The minimum absolute atomic E-state index is 0.108. The first-order valence-electron chi connectivity index (χ1n) is 6.93. The van der Waals surface area contributed by atoms with E-state index in [4.69, 9.17) is 4.74 Å². The molecule has 1 unspecified atom stereocenters. The summed E-state index contributed by atoms with van der Waals surface area (Å²) in [7, 11) is 1.56. The molecule has 1 aromatic rings. The Morgan fingerprint density at radius 1 is 1.27 bits per heavy atom. The normalized spacial score (nSPS) is 12.8. The highest BCUT2D eigenvalue weighted by molar-refractivity contribution is 5.76. The van der Waals surface area contributed by atoms with E-state index in [1.807, 2.05) is 19.1 Å². The lowest BCUT2D eigenvalue weighted by atomic mass is 10.0. The van der Waals surface area contributed by atoms with Crippen molar-refractivity contribution in [3.63, 3.8) is 0 Å². The maximum absolute atomic E-state index is 11.9. The van der Waals surface area contributed by atoms with Crippen molar-refractivity contribution in [1.29, 1.82) is 0 Å². The van der Waals surface area contributed by atoms with Gasteiger partial charge in [0.25, 0.3) is 0 Å². The Morgan fingerprint density at radius 2 is 1.91 bits per heavy atom. The minimum atomic E-state index is -4.37. The maximum atomic E-state index is 11.9. The molecule has 4 nitrogen and oxygen atoms in total. The molecule has 0 aromatic heterocycles. The van der Waals surface area contributed by atoms with Crippen LogP contribution in [-0.2, 0) is 9.53 Å². The number of hydrogen-bond donors (Lipinski definition) is 1. The number of rotatable bonds is 8. The molecule has 0 bridgehead atoms. The largest absolute Gasteiger partial charge is 0.497 e. The standard InChI is InChI=1S/C15H20F3NO3/c1-3-13(11-4-6-12(21-2)7-5-11)19-14(20)8-9-22-10-15(16,17)18/h4-7,13H,3,8-10H2,1-2H3,(H,19,20). The predicted molar refractivity (Wildman–Crippen MR) is 75.7 cm³/mol. The fourth-order valence-electron chi connectivity index (χ4n) is 1.88. The molecule has 0 saturated carbocycles. The number of ether oxygens (including phenoxy) is 2. The Labute approximate surface area is 127 Å². The van der Waals surface area contributed by atoms with Gasteiger partial charge in [-0.05, 0) is 24.1 Å². The van der Waals surface area contributed by atoms with Crippen molar-refractivity contribution in [3.8, 4) is 5.75 Å². The lowest BCUT2D eigenvalue weighted by Crippen LogP contribution is -2.29. The molecule has 1 N–H and O–H groups in total. The lowest BCUT2D eigenvalue weighted by molar-refractivity contribution is -0.174. The van der Waals surface area contributed by atoms with Crippen LogP contribution in [0.3, 0.4) is 0 Å². The van der Waals surface area contributed by atoms with Gasteiger partial charge in [-0.15, -0.1) is 0 Å². The van der Waals surface area contributed by atoms with Gasteiger partial charge in [0.2, 0.25) is 5.91 Å². The summed E-state index contributed by atoms with van der Waals surface area (Å²) in [5.41, 5.74) is 0.910. The van der Waals surface area contributed by atoms with E-state index in [0.29, 0.717) is 12.2 Å². The summed E-state index contributed by atoms with van der Waals surface area (Å²) >= 11 is 0. The topological polar surface area (TPSA) is 47.6 Å². The summed E-state index contributed by atoms with van der Waals surface area (Å²) in [4.78, 5) is 11.7. The van der Waals surface area contributed by atoms with E-state index in [0.717, 1.165) is 5.56 Å². The zero-order chi connectivity index (χ0) is 16.6. The van der Waals surface area contributed by atoms with Gasteiger partial charge in [0.05, 0.1) is 19.8 Å². The van der Waals surface area contributed by atoms with E-state index in [9.17, 15) is 18.0 Å². The number of nitrogens with one attached hydrogen (secondary N) is 1. The van der Waals surface area contributed by atoms with Gasteiger partial charge in [0, 0.05) is 6.42 Å². The quantitative estimate of drug-likeness (QED) is 0.748. The molecule has 1 amide bonds. The monoisotopic (exact) mass is 319 g/mol. The Balaban J connectivity index is 2.42. The number of amides is 1. The van der Waals surface area contributed by atoms with Crippen molar-refractivity contribution in [1.82, 2.24) is 5.32 Å². The van der Waals surface area contributed by atoms with Gasteiger partial charge in [0.15, 0.2) is 0 Å². The summed E-state index contributed by atoms with van der Waals surface area (Å²) in [6, 6.07) is 7.06. The highest BCUT2D eigenvalue weighted by atomic mass is 19.4. The van der Waals surface area contributed by atoms with Gasteiger partial charge in [-0.1, -0.05) is 19.1 Å². The summed E-state index contributed by atoms with van der Waals surface area (Å²) in [5.74, 6) is 0.371. The van der Waals surface area contributed by atoms with Gasteiger partial charge < -0.3 is 14.8 Å². The average Bonchev–Trinajstić information content (AvgIpc) is 2.48. The van der Waals surface area contributed by atoms with E-state index < -0.39 is 12.8 Å². The molecule has 0 aliphatic heterocycles. The number of alkyl halides is 3. The summed E-state index contributed by atoms with van der Waals surface area (Å²) in [6.07, 6.45) is -3.81. The highest BCUT2D eigenvalue weighted by Gasteiger charge is 2.27. The van der Waals surface area contributed by atoms with Gasteiger partial charge in [-0.25, -0.2) is 0 Å². The van der Waals surface area contributed by atoms with Crippen LogP contribution in [0.4, 0.5) is 13.2 Å². The van der Waals surface area contributed by atoms with Crippen molar-refractivity contribution in [2.75, 3.05) is 20.3 Å². The summed E-state index contributed by atoms with van der Waals surface area (Å²) in [6.45, 7) is 0.315. The highest BCUT2D eigenvalue weighted by Crippen LogP contribution is 2.20. The van der Waals surface area contributed by atoms with Crippen molar-refractivity contribution in [2.24, 2.45) is 0 Å². The molecule has 0 saturated heterocycles. The smallest absolute Gasteiger partial charge is 0.411 e. The van der Waals surface area contributed by atoms with Crippen molar-refractivity contribution in [3.05, 3.63) is 29.8 Å². The number of carbonyl (C=O) groups excluding carboxylic acids is 1. The average molecular weight is 319 g/mol. The Kier molecular flexibility index (Phi) is 7.17.